The Labute approximate surface area is 124 Å². The normalized spacial score (nSPS) is 18.2. The van der Waals surface area contributed by atoms with Crippen molar-refractivity contribution in [3.05, 3.63) is 41.3 Å². The Balaban J connectivity index is 1.90. The van der Waals surface area contributed by atoms with Gasteiger partial charge in [-0.3, -0.25) is 0 Å². The van der Waals surface area contributed by atoms with Crippen molar-refractivity contribution in [2.45, 2.75) is 25.8 Å². The maximum absolute atomic E-state index is 5.38. The molecule has 0 radical (unpaired) electrons. The number of aromatic nitrogens is 2. The number of hydrogen-bond donors (Lipinski definition) is 1. The van der Waals surface area contributed by atoms with Crippen LogP contribution in [-0.4, -0.2) is 16.7 Å². The van der Waals surface area contributed by atoms with E-state index in [4.69, 9.17) is 10.9 Å². The van der Waals surface area contributed by atoms with Gasteiger partial charge in [-0.1, -0.05) is 23.2 Å². The lowest BCUT2D eigenvalue weighted by Gasteiger charge is -2.03. The monoisotopic (exact) mass is 279 g/mol. The second-order valence-electron chi connectivity index (χ2n) is 5.18. The first-order chi connectivity index (χ1) is 10.3. The van der Waals surface area contributed by atoms with Crippen LogP contribution in [0.2, 0.25) is 0 Å². The molecule has 3 rings (SSSR count). The summed E-state index contributed by atoms with van der Waals surface area (Å²) in [5.41, 5.74) is 3.16. The molecule has 0 saturated carbocycles. The number of nitrogens with one attached hydrogen (secondary N) is 1. The summed E-state index contributed by atoms with van der Waals surface area (Å²) in [4.78, 5) is 4.51. The maximum Gasteiger partial charge on any atom is 0.244 e. The molecule has 2 heterocycles. The van der Waals surface area contributed by atoms with Crippen molar-refractivity contribution in [1.82, 2.24) is 15.5 Å². The van der Waals surface area contributed by atoms with Crippen molar-refractivity contribution in [3.63, 3.8) is 0 Å². The van der Waals surface area contributed by atoms with Crippen LogP contribution in [-0.2, 0) is 0 Å². The molecule has 2 aromatic rings. The van der Waals surface area contributed by atoms with Gasteiger partial charge in [-0.2, -0.15) is 4.98 Å². The summed E-state index contributed by atoms with van der Waals surface area (Å²) in [6, 6.07) is 6.26. The van der Waals surface area contributed by atoms with Gasteiger partial charge in [0, 0.05) is 5.56 Å². The van der Waals surface area contributed by atoms with Gasteiger partial charge in [-0.05, 0) is 55.7 Å². The molecule has 4 heteroatoms. The van der Waals surface area contributed by atoms with E-state index in [1.54, 1.807) is 6.08 Å². The van der Waals surface area contributed by atoms with Gasteiger partial charge >= 0.3 is 0 Å². The highest BCUT2D eigenvalue weighted by Crippen LogP contribution is 2.25. The van der Waals surface area contributed by atoms with Crippen LogP contribution in [0.15, 0.2) is 28.8 Å². The summed E-state index contributed by atoms with van der Waals surface area (Å²) in [5, 5.41) is 7.45. The SMILES string of the molecule is C#C/C=C\c1cc(-c2noc([C@@H]3CCCN3)n2)ccc1C. The van der Waals surface area contributed by atoms with Crippen molar-refractivity contribution in [1.29, 1.82) is 0 Å². The molecular weight excluding hydrogens is 262 g/mol. The summed E-state index contributed by atoms with van der Waals surface area (Å²) in [7, 11) is 0. The van der Waals surface area contributed by atoms with Gasteiger partial charge in [-0.15, -0.1) is 6.42 Å². The lowest BCUT2D eigenvalue weighted by atomic mass is 10.0. The van der Waals surface area contributed by atoms with Crippen LogP contribution in [0, 0.1) is 19.3 Å². The van der Waals surface area contributed by atoms with E-state index >= 15 is 0 Å². The lowest BCUT2D eigenvalue weighted by Crippen LogP contribution is -2.12. The van der Waals surface area contributed by atoms with Crippen LogP contribution in [0.25, 0.3) is 17.5 Å². The van der Waals surface area contributed by atoms with Gasteiger partial charge < -0.3 is 9.84 Å². The molecule has 0 spiro atoms. The number of nitrogens with zero attached hydrogens (tertiary/aromatic N) is 2. The molecule has 1 aliphatic rings. The fraction of sp³-hybridized carbons (Fsp3) is 0.294. The van der Waals surface area contributed by atoms with Crippen LogP contribution >= 0.6 is 0 Å². The Morgan fingerprint density at radius 1 is 1.48 bits per heavy atom. The number of terminal acetylenes is 1. The van der Waals surface area contributed by atoms with Crippen LogP contribution in [0.1, 0.15) is 35.9 Å². The standard InChI is InChI=1S/C17H17N3O/c1-3-4-6-13-11-14(9-8-12(13)2)16-19-17(21-20-16)15-7-5-10-18-15/h1,4,6,8-9,11,15,18H,5,7,10H2,2H3/b6-4-/t15-/m0/s1. The molecule has 106 valence electrons. The highest BCUT2D eigenvalue weighted by Gasteiger charge is 2.22. The average Bonchev–Trinajstić information content (AvgIpc) is 3.17. The molecule has 0 aliphatic carbocycles. The molecule has 1 fully saturated rings. The topological polar surface area (TPSA) is 51.0 Å². The zero-order chi connectivity index (χ0) is 14.7. The Morgan fingerprint density at radius 2 is 2.38 bits per heavy atom. The fourth-order valence-corrected chi connectivity index (χ4v) is 2.49. The first-order valence-electron chi connectivity index (χ1n) is 7.08. The Kier molecular flexibility index (Phi) is 3.85. The summed E-state index contributed by atoms with van der Waals surface area (Å²) in [6.07, 6.45) is 11.1. The first-order valence-corrected chi connectivity index (χ1v) is 7.08. The zero-order valence-corrected chi connectivity index (χ0v) is 12.0. The number of rotatable bonds is 3. The van der Waals surface area contributed by atoms with E-state index in [1.807, 2.05) is 31.2 Å². The minimum Gasteiger partial charge on any atom is -0.337 e. The third-order valence-corrected chi connectivity index (χ3v) is 3.70. The largest absolute Gasteiger partial charge is 0.337 e. The number of aryl methyl sites for hydroxylation is 1. The summed E-state index contributed by atoms with van der Waals surface area (Å²) in [5.74, 6) is 3.79. The van der Waals surface area contributed by atoms with Crippen LogP contribution in [0.4, 0.5) is 0 Å². The predicted octanol–water partition coefficient (Wildman–Crippen LogP) is 3.12. The van der Waals surface area contributed by atoms with Crippen molar-refractivity contribution >= 4 is 6.08 Å². The molecule has 4 nitrogen and oxygen atoms in total. The summed E-state index contributed by atoms with van der Waals surface area (Å²) < 4.78 is 5.38. The van der Waals surface area contributed by atoms with Gasteiger partial charge in [0.2, 0.25) is 11.7 Å². The van der Waals surface area contributed by atoms with E-state index in [2.05, 4.69) is 21.4 Å². The van der Waals surface area contributed by atoms with Crippen molar-refractivity contribution in [2.24, 2.45) is 0 Å². The average molecular weight is 279 g/mol. The highest BCUT2D eigenvalue weighted by molar-refractivity contribution is 5.65. The predicted molar refractivity (Wildman–Crippen MR) is 82.3 cm³/mol. The van der Waals surface area contributed by atoms with Crippen LogP contribution in [0.3, 0.4) is 0 Å². The fourth-order valence-electron chi connectivity index (χ4n) is 2.49. The Hall–Kier alpha value is -2.38. The number of allylic oxidation sites excluding steroid dienone is 1. The third-order valence-electron chi connectivity index (χ3n) is 3.70. The van der Waals surface area contributed by atoms with Gasteiger partial charge in [0.05, 0.1) is 6.04 Å². The number of hydrogen-bond acceptors (Lipinski definition) is 4. The van der Waals surface area contributed by atoms with Gasteiger partial charge in [-0.25, -0.2) is 0 Å². The van der Waals surface area contributed by atoms with Crippen molar-refractivity contribution < 1.29 is 4.52 Å². The van der Waals surface area contributed by atoms with E-state index in [1.165, 1.54) is 0 Å². The first kappa shape index (κ1) is 13.6. The van der Waals surface area contributed by atoms with E-state index in [9.17, 15) is 0 Å². The molecule has 21 heavy (non-hydrogen) atoms. The van der Waals surface area contributed by atoms with Crippen LogP contribution < -0.4 is 5.32 Å². The van der Waals surface area contributed by atoms with E-state index in [0.717, 1.165) is 36.1 Å². The smallest absolute Gasteiger partial charge is 0.244 e. The van der Waals surface area contributed by atoms with Gasteiger partial charge in [0.1, 0.15) is 0 Å². The highest BCUT2D eigenvalue weighted by atomic mass is 16.5. The van der Waals surface area contributed by atoms with E-state index < -0.39 is 0 Å². The minimum absolute atomic E-state index is 0.192. The van der Waals surface area contributed by atoms with Crippen molar-refractivity contribution in [3.8, 4) is 23.7 Å². The molecule has 0 amide bonds. The molecule has 0 bridgehead atoms. The van der Waals surface area contributed by atoms with E-state index in [-0.39, 0.29) is 6.04 Å². The molecule has 1 aromatic heterocycles. The minimum atomic E-state index is 0.192. The molecule has 1 saturated heterocycles. The van der Waals surface area contributed by atoms with Crippen molar-refractivity contribution in [2.75, 3.05) is 6.54 Å². The maximum atomic E-state index is 5.38. The molecule has 1 N–H and O–H groups in total. The Bertz CT molecular complexity index is 703. The van der Waals surface area contributed by atoms with Gasteiger partial charge in [0.25, 0.3) is 0 Å². The molecule has 0 unspecified atom stereocenters. The molecular formula is C17H17N3O. The number of benzene rings is 1. The van der Waals surface area contributed by atoms with Gasteiger partial charge in [0.15, 0.2) is 0 Å². The molecule has 1 atom stereocenters. The third kappa shape index (κ3) is 2.88. The van der Waals surface area contributed by atoms with E-state index in [0.29, 0.717) is 11.7 Å². The summed E-state index contributed by atoms with van der Waals surface area (Å²) in [6.45, 7) is 3.05. The molecule has 1 aromatic carbocycles. The Morgan fingerprint density at radius 3 is 3.14 bits per heavy atom. The zero-order valence-electron chi connectivity index (χ0n) is 12.0. The second kappa shape index (κ2) is 5.94. The second-order valence-corrected chi connectivity index (χ2v) is 5.18. The van der Waals surface area contributed by atoms with Crippen LogP contribution in [0.5, 0.6) is 0 Å². The summed E-state index contributed by atoms with van der Waals surface area (Å²) >= 11 is 0. The molecule has 1 aliphatic heterocycles. The lowest BCUT2D eigenvalue weighted by molar-refractivity contribution is 0.345. The quantitative estimate of drug-likeness (QED) is 0.877.